The summed E-state index contributed by atoms with van der Waals surface area (Å²) in [6.45, 7) is 13.5. The zero-order valence-corrected chi connectivity index (χ0v) is 28.1. The summed E-state index contributed by atoms with van der Waals surface area (Å²) in [5.41, 5.74) is 10.2. The molecule has 0 amide bonds. The van der Waals surface area contributed by atoms with Gasteiger partial charge in [0.1, 0.15) is 0 Å². The predicted octanol–water partition coefficient (Wildman–Crippen LogP) is 12.1. The van der Waals surface area contributed by atoms with Crippen LogP contribution in [0.3, 0.4) is 0 Å². The third-order valence-corrected chi connectivity index (χ3v) is 7.73. The van der Waals surface area contributed by atoms with Crippen LogP contribution in [0, 0.1) is 0 Å². The van der Waals surface area contributed by atoms with Gasteiger partial charge in [0.05, 0.1) is 22.8 Å². The summed E-state index contributed by atoms with van der Waals surface area (Å²) in [7, 11) is 0. The molecule has 0 spiro atoms. The number of benzene rings is 2. The van der Waals surface area contributed by atoms with E-state index in [1.807, 2.05) is 0 Å². The molecule has 0 aromatic heterocycles. The summed E-state index contributed by atoms with van der Waals surface area (Å²) in [6, 6.07) is 13.8. The Hall–Kier alpha value is -1.99. The van der Waals surface area contributed by atoms with Crippen molar-refractivity contribution in [2.45, 2.75) is 144 Å². The van der Waals surface area contributed by atoms with Crippen molar-refractivity contribution in [3.63, 3.8) is 0 Å². The van der Waals surface area contributed by atoms with Gasteiger partial charge in [-0.3, -0.25) is 4.99 Å². The quantitative estimate of drug-likeness (QED) is 0.0820. The van der Waals surface area contributed by atoms with Crippen molar-refractivity contribution >= 4 is 22.8 Å². The van der Waals surface area contributed by atoms with Crippen molar-refractivity contribution in [2.24, 2.45) is 9.98 Å². The second-order valence-electron chi connectivity index (χ2n) is 11.3. The Morgan fingerprint density at radius 1 is 0.561 bits per heavy atom. The third-order valence-electron chi connectivity index (χ3n) is 7.73. The van der Waals surface area contributed by atoms with Gasteiger partial charge in [-0.05, 0) is 124 Å². The summed E-state index contributed by atoms with van der Waals surface area (Å²) < 4.78 is 0. The molecule has 0 aliphatic carbocycles. The number of allylic oxidation sites excluding steroid dienone is 2. The maximum atomic E-state index is 5.30. The first-order chi connectivity index (χ1) is 19.6. The van der Waals surface area contributed by atoms with E-state index in [9.17, 15) is 0 Å². The number of nitrogens with zero attached hydrogens (tertiary/aromatic N) is 2. The second-order valence-corrected chi connectivity index (χ2v) is 11.3. The molecule has 2 aromatic rings. The van der Waals surface area contributed by atoms with E-state index in [0.29, 0.717) is 0 Å². The van der Waals surface area contributed by atoms with Crippen LogP contribution in [0.4, 0.5) is 11.4 Å². The molecule has 0 N–H and O–H groups in total. The first kappa shape index (κ1) is 37.0. The maximum Gasteiger partial charge on any atom is 0.0848 e. The van der Waals surface area contributed by atoms with Crippen LogP contribution in [0.25, 0.3) is 0 Å². The average Bonchev–Trinajstić information content (AvgIpc) is 2.97. The van der Waals surface area contributed by atoms with E-state index in [0.717, 1.165) is 48.5 Å². The average molecular weight is 602 g/mol. The first-order valence-corrected chi connectivity index (χ1v) is 16.6. The van der Waals surface area contributed by atoms with Gasteiger partial charge in [-0.2, -0.15) is 0 Å². The molecule has 3 heteroatoms. The fraction of sp³-hybridized carbons (Fsp3) is 0.579. The van der Waals surface area contributed by atoms with Crippen molar-refractivity contribution in [1.82, 2.24) is 0 Å². The minimum atomic E-state index is 0. The Morgan fingerprint density at radius 3 is 1.44 bits per heavy atom. The summed E-state index contributed by atoms with van der Waals surface area (Å²) in [6.07, 6.45) is 23.3. The Morgan fingerprint density at radius 2 is 1.00 bits per heavy atom. The predicted molar refractivity (Wildman–Crippen MR) is 180 cm³/mol. The number of aryl methyl sites for hydroxylation is 4. The zero-order chi connectivity index (χ0) is 29.0. The minimum Gasteiger partial charge on any atom is -0.251 e. The molecule has 2 aromatic carbocycles. The van der Waals surface area contributed by atoms with Crippen molar-refractivity contribution in [1.29, 1.82) is 0 Å². The van der Waals surface area contributed by atoms with Gasteiger partial charge in [-0.25, -0.2) is 4.99 Å². The Labute approximate surface area is 263 Å². The van der Waals surface area contributed by atoms with Crippen molar-refractivity contribution < 1.29 is 16.5 Å². The van der Waals surface area contributed by atoms with Crippen LogP contribution in [0.1, 0.15) is 141 Å². The number of hydrogen-bond donors (Lipinski definition) is 0. The fourth-order valence-electron chi connectivity index (χ4n) is 5.22. The van der Waals surface area contributed by atoms with Crippen LogP contribution in [0.5, 0.6) is 0 Å². The topological polar surface area (TPSA) is 24.7 Å². The standard InChI is InChI=1S/C38H58N2.Ni/c1-7-13-18-24-38(40-36-28-26-32(21-15-9-3)34(30-36)23-17-11-5)37(19-12-6)39-35-27-25-31(20-14-8-2)33(29-35)22-16-10-4;/h12,19,25-30H,7-11,13-18,20-24H2,1-6H3;/b19-12-,39-37+,40-38+;. The molecule has 0 fully saturated rings. The summed E-state index contributed by atoms with van der Waals surface area (Å²) in [5.74, 6) is 0. The molecule has 0 aliphatic heterocycles. The molecule has 0 aliphatic rings. The molecule has 41 heavy (non-hydrogen) atoms. The molecule has 0 saturated heterocycles. The molecule has 230 valence electrons. The largest absolute Gasteiger partial charge is 0.251 e. The van der Waals surface area contributed by atoms with Crippen molar-refractivity contribution in [2.75, 3.05) is 0 Å². The number of aliphatic imine (C=N–C) groups is 2. The molecule has 2 rings (SSSR count). The van der Waals surface area contributed by atoms with Gasteiger partial charge in [0, 0.05) is 16.5 Å². The monoisotopic (exact) mass is 600 g/mol. The molecule has 0 heterocycles. The van der Waals surface area contributed by atoms with Gasteiger partial charge in [0.2, 0.25) is 0 Å². The number of unbranched alkanes of at least 4 members (excludes halogenated alkanes) is 6. The normalized spacial score (nSPS) is 12.2. The summed E-state index contributed by atoms with van der Waals surface area (Å²) >= 11 is 0. The molecule has 2 nitrogen and oxygen atoms in total. The smallest absolute Gasteiger partial charge is 0.0848 e. The summed E-state index contributed by atoms with van der Waals surface area (Å²) in [4.78, 5) is 10.5. The fourth-order valence-corrected chi connectivity index (χ4v) is 5.22. The van der Waals surface area contributed by atoms with Gasteiger partial charge < -0.3 is 0 Å². The van der Waals surface area contributed by atoms with Crippen LogP contribution < -0.4 is 0 Å². The van der Waals surface area contributed by atoms with E-state index in [1.54, 1.807) is 0 Å². The van der Waals surface area contributed by atoms with Crippen LogP contribution in [-0.4, -0.2) is 11.4 Å². The van der Waals surface area contributed by atoms with E-state index in [4.69, 9.17) is 9.98 Å². The molecular weight excluding hydrogens is 543 g/mol. The van der Waals surface area contributed by atoms with Crippen molar-refractivity contribution in [3.8, 4) is 0 Å². The van der Waals surface area contributed by atoms with Gasteiger partial charge in [-0.15, -0.1) is 0 Å². The Balaban J connectivity index is 0.00000840. The van der Waals surface area contributed by atoms with Gasteiger partial charge >= 0.3 is 0 Å². The summed E-state index contributed by atoms with van der Waals surface area (Å²) in [5, 5.41) is 0. The maximum absolute atomic E-state index is 5.30. The van der Waals surface area contributed by atoms with Crippen LogP contribution in [-0.2, 0) is 42.2 Å². The Kier molecular flexibility index (Phi) is 20.4. The third kappa shape index (κ3) is 13.7. The molecule has 0 saturated carbocycles. The van der Waals surface area contributed by atoms with E-state index in [1.165, 1.54) is 99.3 Å². The van der Waals surface area contributed by atoms with Gasteiger partial charge in [0.15, 0.2) is 0 Å². The first-order valence-electron chi connectivity index (χ1n) is 16.6. The van der Waals surface area contributed by atoms with Crippen LogP contribution in [0.15, 0.2) is 58.5 Å². The number of hydrogen-bond acceptors (Lipinski definition) is 2. The zero-order valence-electron chi connectivity index (χ0n) is 27.1. The molecule has 0 bridgehead atoms. The van der Waals surface area contributed by atoms with E-state index in [2.05, 4.69) is 90.1 Å². The molecule has 0 radical (unpaired) electrons. The molecule has 0 unspecified atom stereocenters. The van der Waals surface area contributed by atoms with E-state index in [-0.39, 0.29) is 16.5 Å². The van der Waals surface area contributed by atoms with Crippen molar-refractivity contribution in [3.05, 3.63) is 70.8 Å². The SMILES string of the molecule is C\C=C/C(=N\c1ccc(CCCC)c(CCCC)c1)C(/CCCCC)=N/c1ccc(CCCC)c(CCCC)c1.[Ni]. The number of rotatable bonds is 20. The van der Waals surface area contributed by atoms with Gasteiger partial charge in [0.25, 0.3) is 0 Å². The minimum absolute atomic E-state index is 0. The second kappa shape index (κ2) is 22.6. The van der Waals surface area contributed by atoms with E-state index >= 15 is 0 Å². The molecule has 0 atom stereocenters. The Bertz CT molecular complexity index is 1080. The molecular formula is C38H58N2Ni. The van der Waals surface area contributed by atoms with Gasteiger partial charge in [-0.1, -0.05) is 91.4 Å². The van der Waals surface area contributed by atoms with Crippen LogP contribution >= 0.6 is 0 Å². The van der Waals surface area contributed by atoms with E-state index < -0.39 is 0 Å². The van der Waals surface area contributed by atoms with Crippen LogP contribution in [0.2, 0.25) is 0 Å².